The number of rotatable bonds is 4. The number of hydrogen-bond acceptors (Lipinski definition) is 6. The van der Waals surface area contributed by atoms with Gasteiger partial charge in [0.1, 0.15) is 0 Å². The Hall–Kier alpha value is -2.61. The highest BCUT2D eigenvalue weighted by Gasteiger charge is 2.34. The van der Waals surface area contributed by atoms with Gasteiger partial charge in [-0.05, 0) is 43.4 Å². The van der Waals surface area contributed by atoms with Crippen LogP contribution in [-0.2, 0) is 21.0 Å². The molecule has 0 N–H and O–H groups in total. The molecule has 3 heterocycles. The maximum Gasteiger partial charge on any atom is 0.434 e. The first-order valence-electron chi connectivity index (χ1n) is 10.9. The number of hydrogen-bond donors (Lipinski definition) is 0. The van der Waals surface area contributed by atoms with E-state index < -0.39 is 17.9 Å². The van der Waals surface area contributed by atoms with Crippen LogP contribution in [-0.4, -0.2) is 72.0 Å². The third-order valence-electron chi connectivity index (χ3n) is 6.31. The van der Waals surface area contributed by atoms with E-state index in [1.54, 1.807) is 4.90 Å². The Morgan fingerprint density at radius 2 is 1.60 bits per heavy atom. The number of carbonyl (C=O) groups excluding carboxylic acids is 3. The average molecular weight is 415 g/mol. The van der Waals surface area contributed by atoms with Crippen LogP contribution in [0, 0.1) is 6.92 Å². The Kier molecular flexibility index (Phi) is 6.22. The number of imide groups is 1. The quantitative estimate of drug-likeness (QED) is 0.704. The first-order valence-corrected chi connectivity index (χ1v) is 10.9. The molecule has 0 radical (unpaired) electrons. The summed E-state index contributed by atoms with van der Waals surface area (Å²) < 4.78 is 0. The molecular formula is C22H30N4O4. The molecule has 0 saturated carbocycles. The zero-order valence-electron chi connectivity index (χ0n) is 17.6. The highest BCUT2D eigenvalue weighted by atomic mass is 16.7. The Balaban J connectivity index is 1.31. The summed E-state index contributed by atoms with van der Waals surface area (Å²) in [7, 11) is 0. The number of benzene rings is 1. The first kappa shape index (κ1) is 20.7. The minimum absolute atomic E-state index is 0.107. The van der Waals surface area contributed by atoms with Crippen molar-refractivity contribution < 1.29 is 19.2 Å². The predicted octanol–water partition coefficient (Wildman–Crippen LogP) is 2.30. The van der Waals surface area contributed by atoms with Crippen LogP contribution < -0.4 is 4.90 Å². The molecule has 3 aliphatic rings. The molecule has 3 saturated heterocycles. The van der Waals surface area contributed by atoms with Crippen molar-refractivity contribution in [3.63, 3.8) is 0 Å². The lowest BCUT2D eigenvalue weighted by molar-refractivity contribution is -0.174. The monoisotopic (exact) mass is 414 g/mol. The van der Waals surface area contributed by atoms with E-state index in [1.165, 1.54) is 36.1 Å². The third kappa shape index (κ3) is 4.43. The second-order valence-corrected chi connectivity index (χ2v) is 8.31. The Labute approximate surface area is 177 Å². The number of carbonyl (C=O) groups is 3. The predicted molar refractivity (Wildman–Crippen MR) is 112 cm³/mol. The average Bonchev–Trinajstić information content (AvgIpc) is 3.08. The van der Waals surface area contributed by atoms with Crippen LogP contribution in [0.2, 0.25) is 0 Å². The topological polar surface area (TPSA) is 73.4 Å². The molecule has 0 bridgehead atoms. The number of nitrogens with zero attached hydrogens (tertiary/aromatic N) is 4. The molecule has 1 aromatic carbocycles. The summed E-state index contributed by atoms with van der Waals surface area (Å²) in [4.78, 5) is 47.0. The fourth-order valence-electron chi connectivity index (χ4n) is 4.44. The minimum atomic E-state index is -0.624. The summed E-state index contributed by atoms with van der Waals surface area (Å²) in [5.41, 5.74) is 4.00. The Morgan fingerprint density at radius 3 is 2.27 bits per heavy atom. The van der Waals surface area contributed by atoms with Crippen molar-refractivity contribution in [2.24, 2.45) is 0 Å². The lowest BCUT2D eigenvalue weighted by Gasteiger charge is -2.35. The SMILES string of the molecule is Cc1c(CN2CCN(C(=O)ON3C(=O)CCC3=O)CC2)cccc1N1CCCCC1. The molecule has 0 spiro atoms. The van der Waals surface area contributed by atoms with E-state index in [4.69, 9.17) is 4.84 Å². The molecule has 3 fully saturated rings. The fraction of sp³-hybridized carbons (Fsp3) is 0.591. The van der Waals surface area contributed by atoms with Crippen LogP contribution in [0.15, 0.2) is 18.2 Å². The molecule has 0 unspecified atom stereocenters. The van der Waals surface area contributed by atoms with Crippen molar-refractivity contribution in [2.45, 2.75) is 45.6 Å². The van der Waals surface area contributed by atoms with Crippen molar-refractivity contribution in [1.82, 2.24) is 14.9 Å². The van der Waals surface area contributed by atoms with E-state index in [0.29, 0.717) is 18.2 Å². The summed E-state index contributed by atoms with van der Waals surface area (Å²) >= 11 is 0. The smallest absolute Gasteiger partial charge is 0.371 e. The highest BCUT2D eigenvalue weighted by molar-refractivity contribution is 6.01. The number of anilines is 1. The van der Waals surface area contributed by atoms with Crippen LogP contribution >= 0.6 is 0 Å². The molecule has 0 atom stereocenters. The summed E-state index contributed by atoms with van der Waals surface area (Å²) in [6, 6.07) is 6.55. The van der Waals surface area contributed by atoms with Gasteiger partial charge in [0, 0.05) is 64.3 Å². The summed E-state index contributed by atoms with van der Waals surface area (Å²) in [6.45, 7) is 7.80. The van der Waals surface area contributed by atoms with Crippen molar-refractivity contribution in [2.75, 3.05) is 44.2 Å². The standard InChI is InChI=1S/C22H30N4O4/c1-17-18(6-5-7-19(17)24-10-3-2-4-11-24)16-23-12-14-25(15-13-23)22(29)30-26-20(27)8-9-21(26)28/h5-7H,2-4,8-16H2,1H3. The van der Waals surface area contributed by atoms with E-state index in [0.717, 1.165) is 32.7 Å². The molecule has 162 valence electrons. The largest absolute Gasteiger partial charge is 0.434 e. The van der Waals surface area contributed by atoms with E-state index >= 15 is 0 Å². The van der Waals surface area contributed by atoms with Gasteiger partial charge in [0.05, 0.1) is 0 Å². The zero-order valence-corrected chi connectivity index (χ0v) is 17.6. The molecule has 3 aliphatic heterocycles. The van der Waals surface area contributed by atoms with E-state index in [9.17, 15) is 14.4 Å². The lowest BCUT2D eigenvalue weighted by atomic mass is 10.0. The summed E-state index contributed by atoms with van der Waals surface area (Å²) in [6.07, 6.45) is 3.43. The van der Waals surface area contributed by atoms with Crippen molar-refractivity contribution in [3.8, 4) is 0 Å². The van der Waals surface area contributed by atoms with Crippen LogP contribution in [0.5, 0.6) is 0 Å². The van der Waals surface area contributed by atoms with Crippen LogP contribution in [0.1, 0.15) is 43.2 Å². The van der Waals surface area contributed by atoms with Gasteiger partial charge in [-0.2, -0.15) is 0 Å². The minimum Gasteiger partial charge on any atom is -0.371 e. The van der Waals surface area contributed by atoms with Crippen molar-refractivity contribution >= 4 is 23.6 Å². The maximum atomic E-state index is 12.3. The van der Waals surface area contributed by atoms with Gasteiger partial charge in [-0.3, -0.25) is 14.5 Å². The van der Waals surface area contributed by atoms with Gasteiger partial charge in [-0.1, -0.05) is 12.1 Å². The molecule has 8 heteroatoms. The molecule has 3 amide bonds. The molecular weight excluding hydrogens is 384 g/mol. The number of piperidine rings is 1. The Bertz CT molecular complexity index is 797. The lowest BCUT2D eigenvalue weighted by Crippen LogP contribution is -2.50. The molecule has 8 nitrogen and oxygen atoms in total. The number of piperazine rings is 1. The van der Waals surface area contributed by atoms with Crippen LogP contribution in [0.3, 0.4) is 0 Å². The molecule has 0 aliphatic carbocycles. The molecule has 30 heavy (non-hydrogen) atoms. The van der Waals surface area contributed by atoms with E-state index in [1.807, 2.05) is 0 Å². The van der Waals surface area contributed by atoms with Gasteiger partial charge < -0.3 is 14.6 Å². The fourth-order valence-corrected chi connectivity index (χ4v) is 4.44. The normalized spacial score (nSPS) is 20.8. The van der Waals surface area contributed by atoms with Gasteiger partial charge in [-0.15, -0.1) is 5.06 Å². The van der Waals surface area contributed by atoms with Gasteiger partial charge >= 0.3 is 6.09 Å². The second kappa shape index (κ2) is 9.04. The van der Waals surface area contributed by atoms with Crippen LogP contribution in [0.4, 0.5) is 10.5 Å². The molecule has 4 rings (SSSR count). The van der Waals surface area contributed by atoms with Crippen LogP contribution in [0.25, 0.3) is 0 Å². The van der Waals surface area contributed by atoms with Gasteiger partial charge in [-0.25, -0.2) is 4.79 Å². The van der Waals surface area contributed by atoms with E-state index in [2.05, 4.69) is 34.9 Å². The van der Waals surface area contributed by atoms with E-state index in [-0.39, 0.29) is 12.8 Å². The number of amides is 3. The highest BCUT2D eigenvalue weighted by Crippen LogP contribution is 2.27. The van der Waals surface area contributed by atoms with Crippen molar-refractivity contribution in [3.05, 3.63) is 29.3 Å². The van der Waals surface area contributed by atoms with Gasteiger partial charge in [0.15, 0.2) is 0 Å². The Morgan fingerprint density at radius 1 is 0.933 bits per heavy atom. The summed E-state index contributed by atoms with van der Waals surface area (Å²) in [5.74, 6) is -0.896. The first-order chi connectivity index (χ1) is 14.5. The van der Waals surface area contributed by atoms with Gasteiger partial charge in [0.2, 0.25) is 0 Å². The summed E-state index contributed by atoms with van der Waals surface area (Å²) in [5, 5.41) is 0.615. The van der Waals surface area contributed by atoms with Gasteiger partial charge in [0.25, 0.3) is 11.8 Å². The second-order valence-electron chi connectivity index (χ2n) is 8.31. The number of hydroxylamine groups is 2. The zero-order chi connectivity index (χ0) is 21.1. The molecule has 1 aromatic rings. The molecule has 0 aromatic heterocycles. The van der Waals surface area contributed by atoms with Crippen molar-refractivity contribution in [1.29, 1.82) is 0 Å². The maximum absolute atomic E-state index is 12.3. The third-order valence-corrected chi connectivity index (χ3v) is 6.31.